The van der Waals surface area contributed by atoms with Crippen LogP contribution in [0.1, 0.15) is 13.3 Å². The van der Waals surface area contributed by atoms with Gasteiger partial charge in [0.05, 0.1) is 0 Å². The van der Waals surface area contributed by atoms with E-state index in [4.69, 9.17) is 6.42 Å². The van der Waals surface area contributed by atoms with E-state index in [1.165, 1.54) is 12.3 Å². The van der Waals surface area contributed by atoms with E-state index in [-0.39, 0.29) is 0 Å². The molecule has 0 bridgehead atoms. The number of hydrogen-bond donors (Lipinski definition) is 0. The van der Waals surface area contributed by atoms with Crippen molar-refractivity contribution in [2.24, 2.45) is 0 Å². The second-order valence-corrected chi connectivity index (χ2v) is 3.37. The number of nitrogens with zero attached hydrogens (tertiary/aromatic N) is 1. The highest BCUT2D eigenvalue weighted by Crippen LogP contribution is 1.96. The molecule has 0 unspecified atom stereocenters. The van der Waals surface area contributed by atoms with Crippen LogP contribution in [0.4, 0.5) is 0 Å². The van der Waals surface area contributed by atoms with Gasteiger partial charge in [-0.05, 0) is 12.8 Å². The third-order valence-electron chi connectivity index (χ3n) is 1.63. The van der Waals surface area contributed by atoms with Gasteiger partial charge in [0.2, 0.25) is 0 Å². The summed E-state index contributed by atoms with van der Waals surface area (Å²) in [6.45, 7) is 5.51. The highest BCUT2D eigenvalue weighted by molar-refractivity contribution is 7.98. The summed E-state index contributed by atoms with van der Waals surface area (Å²) in [5.74, 6) is 3.87. The van der Waals surface area contributed by atoms with E-state index in [1.807, 2.05) is 11.8 Å². The topological polar surface area (TPSA) is 3.24 Å². The molecule has 0 aromatic carbocycles. The molecule has 0 aliphatic rings. The fraction of sp³-hybridized carbons (Fsp3) is 0.778. The average molecular weight is 171 g/mol. The van der Waals surface area contributed by atoms with E-state index in [0.717, 1.165) is 19.5 Å². The smallest absolute Gasteiger partial charge is 0.0214 e. The highest BCUT2D eigenvalue weighted by atomic mass is 32.2. The van der Waals surface area contributed by atoms with Gasteiger partial charge in [0.15, 0.2) is 0 Å². The molecule has 0 N–H and O–H groups in total. The van der Waals surface area contributed by atoms with Crippen molar-refractivity contribution in [3.63, 3.8) is 0 Å². The molecule has 0 fully saturated rings. The first-order chi connectivity index (χ1) is 5.35. The van der Waals surface area contributed by atoms with Crippen LogP contribution >= 0.6 is 11.8 Å². The Morgan fingerprint density at radius 2 is 2.18 bits per heavy atom. The standard InChI is InChI=1S/C9H17NS/c1-4-6-7-10(5-2)8-9-11-3/h1H,5-9H2,2-3H3. The van der Waals surface area contributed by atoms with Gasteiger partial charge in [0.1, 0.15) is 0 Å². The molecule has 0 aliphatic heterocycles. The Hall–Kier alpha value is -0.130. The Balaban J connectivity index is 3.34. The minimum Gasteiger partial charge on any atom is -0.302 e. The molecule has 2 heteroatoms. The van der Waals surface area contributed by atoms with E-state index in [9.17, 15) is 0 Å². The molecule has 0 saturated heterocycles. The molecule has 0 rings (SSSR count). The summed E-state index contributed by atoms with van der Waals surface area (Å²) in [4.78, 5) is 2.39. The predicted molar refractivity (Wildman–Crippen MR) is 53.9 cm³/mol. The van der Waals surface area contributed by atoms with Crippen molar-refractivity contribution in [1.82, 2.24) is 4.90 Å². The van der Waals surface area contributed by atoms with Crippen molar-refractivity contribution in [2.75, 3.05) is 31.6 Å². The van der Waals surface area contributed by atoms with Gasteiger partial charge in [-0.1, -0.05) is 6.92 Å². The molecule has 0 radical (unpaired) electrons. The molecule has 0 aliphatic carbocycles. The van der Waals surface area contributed by atoms with Crippen LogP contribution in [0.5, 0.6) is 0 Å². The zero-order chi connectivity index (χ0) is 8.53. The zero-order valence-electron chi connectivity index (χ0n) is 7.47. The van der Waals surface area contributed by atoms with Crippen LogP contribution < -0.4 is 0 Å². The van der Waals surface area contributed by atoms with Crippen LogP contribution in [-0.4, -0.2) is 36.5 Å². The minimum atomic E-state index is 0.877. The fourth-order valence-electron chi connectivity index (χ4n) is 0.871. The first kappa shape index (κ1) is 10.9. The Labute approximate surface area is 74.5 Å². The molecule has 0 aromatic heterocycles. The lowest BCUT2D eigenvalue weighted by Gasteiger charge is -2.17. The summed E-state index contributed by atoms with van der Waals surface area (Å²) < 4.78 is 0. The third kappa shape index (κ3) is 6.28. The number of thioether (sulfide) groups is 1. The van der Waals surface area contributed by atoms with Crippen LogP contribution in [0.3, 0.4) is 0 Å². The fourth-order valence-corrected chi connectivity index (χ4v) is 1.31. The first-order valence-corrected chi connectivity index (χ1v) is 5.39. The van der Waals surface area contributed by atoms with E-state index < -0.39 is 0 Å². The van der Waals surface area contributed by atoms with Crippen molar-refractivity contribution in [3.05, 3.63) is 0 Å². The Kier molecular flexibility index (Phi) is 7.88. The van der Waals surface area contributed by atoms with Gasteiger partial charge in [-0.15, -0.1) is 12.3 Å². The zero-order valence-corrected chi connectivity index (χ0v) is 8.28. The van der Waals surface area contributed by atoms with Gasteiger partial charge in [-0.3, -0.25) is 0 Å². The van der Waals surface area contributed by atoms with Crippen molar-refractivity contribution in [3.8, 4) is 12.3 Å². The molecule has 0 atom stereocenters. The van der Waals surface area contributed by atoms with Gasteiger partial charge in [0.25, 0.3) is 0 Å². The third-order valence-corrected chi connectivity index (χ3v) is 2.22. The Morgan fingerprint density at radius 1 is 1.45 bits per heavy atom. The number of hydrogen-bond acceptors (Lipinski definition) is 2. The van der Waals surface area contributed by atoms with Crippen molar-refractivity contribution < 1.29 is 0 Å². The van der Waals surface area contributed by atoms with E-state index in [2.05, 4.69) is 24.0 Å². The van der Waals surface area contributed by atoms with Crippen molar-refractivity contribution in [1.29, 1.82) is 0 Å². The average Bonchev–Trinajstić information content (AvgIpc) is 2.05. The SMILES string of the molecule is C#CCCN(CC)CCSC. The Morgan fingerprint density at radius 3 is 2.64 bits per heavy atom. The number of rotatable bonds is 6. The molecule has 0 spiro atoms. The summed E-state index contributed by atoms with van der Waals surface area (Å²) in [6, 6.07) is 0. The lowest BCUT2D eigenvalue weighted by atomic mass is 10.4. The van der Waals surface area contributed by atoms with Gasteiger partial charge in [-0.2, -0.15) is 11.8 Å². The normalized spacial score (nSPS) is 10.0. The molecule has 0 heterocycles. The van der Waals surface area contributed by atoms with Crippen molar-refractivity contribution in [2.45, 2.75) is 13.3 Å². The van der Waals surface area contributed by atoms with Crippen molar-refractivity contribution >= 4 is 11.8 Å². The van der Waals surface area contributed by atoms with Crippen LogP contribution in [0.15, 0.2) is 0 Å². The molecule has 1 nitrogen and oxygen atoms in total. The molecule has 0 amide bonds. The van der Waals surface area contributed by atoms with Crippen LogP contribution in [0, 0.1) is 12.3 Å². The maximum absolute atomic E-state index is 5.18. The van der Waals surface area contributed by atoms with Gasteiger partial charge < -0.3 is 4.90 Å². The largest absolute Gasteiger partial charge is 0.302 e. The Bertz CT molecular complexity index is 117. The second kappa shape index (κ2) is 7.97. The van der Waals surface area contributed by atoms with E-state index in [1.54, 1.807) is 0 Å². The van der Waals surface area contributed by atoms with E-state index in [0.29, 0.717) is 0 Å². The molecule has 64 valence electrons. The van der Waals surface area contributed by atoms with E-state index >= 15 is 0 Å². The van der Waals surface area contributed by atoms with Gasteiger partial charge >= 0.3 is 0 Å². The highest BCUT2D eigenvalue weighted by Gasteiger charge is 1.98. The van der Waals surface area contributed by atoms with Gasteiger partial charge in [0, 0.05) is 25.3 Å². The predicted octanol–water partition coefficient (Wildman–Crippen LogP) is 1.69. The molecule has 0 aromatic rings. The van der Waals surface area contributed by atoms with Crippen LogP contribution in [-0.2, 0) is 0 Å². The quantitative estimate of drug-likeness (QED) is 0.560. The summed E-state index contributed by atoms with van der Waals surface area (Å²) in [6.07, 6.45) is 8.19. The molecular weight excluding hydrogens is 154 g/mol. The van der Waals surface area contributed by atoms with Gasteiger partial charge in [-0.25, -0.2) is 0 Å². The van der Waals surface area contributed by atoms with Crippen LogP contribution in [0.25, 0.3) is 0 Å². The minimum absolute atomic E-state index is 0.877. The summed E-state index contributed by atoms with van der Waals surface area (Å²) >= 11 is 1.89. The molecule has 11 heavy (non-hydrogen) atoms. The summed E-state index contributed by atoms with van der Waals surface area (Å²) in [7, 11) is 0. The maximum atomic E-state index is 5.18. The molecular formula is C9H17NS. The maximum Gasteiger partial charge on any atom is 0.0214 e. The summed E-state index contributed by atoms with van der Waals surface area (Å²) in [5.41, 5.74) is 0. The lowest BCUT2D eigenvalue weighted by molar-refractivity contribution is 0.314. The van der Waals surface area contributed by atoms with Crippen LogP contribution in [0.2, 0.25) is 0 Å². The second-order valence-electron chi connectivity index (χ2n) is 2.38. The summed E-state index contributed by atoms with van der Waals surface area (Å²) in [5, 5.41) is 0. The lowest BCUT2D eigenvalue weighted by Crippen LogP contribution is -2.26. The first-order valence-electron chi connectivity index (χ1n) is 3.99. The molecule has 0 saturated carbocycles. The number of terminal acetylenes is 1. The monoisotopic (exact) mass is 171 g/mol.